The molecule has 2 unspecified atom stereocenters. The molecule has 0 spiro atoms. The van der Waals surface area contributed by atoms with E-state index in [1.165, 1.54) is 0 Å². The van der Waals surface area contributed by atoms with Crippen molar-refractivity contribution in [3.8, 4) is 11.5 Å². The number of hydrogen-bond acceptors (Lipinski definition) is 4. The molecule has 0 fully saturated rings. The van der Waals surface area contributed by atoms with Gasteiger partial charge in [-0.25, -0.2) is 0 Å². The fourth-order valence-electron chi connectivity index (χ4n) is 2.37. The van der Waals surface area contributed by atoms with Crippen LogP contribution in [-0.2, 0) is 4.79 Å². The van der Waals surface area contributed by atoms with Crippen molar-refractivity contribution in [1.82, 2.24) is 10.9 Å². The Bertz CT molecular complexity index is 758. The van der Waals surface area contributed by atoms with E-state index < -0.39 is 24.0 Å². The van der Waals surface area contributed by atoms with Gasteiger partial charge in [0, 0.05) is 5.56 Å². The zero-order valence-corrected chi connectivity index (χ0v) is 13.4. The first-order valence-corrected chi connectivity index (χ1v) is 7.64. The van der Waals surface area contributed by atoms with E-state index in [0.717, 1.165) is 5.56 Å². The molecular formula is C18H18N2O4. The molecule has 6 nitrogen and oxygen atoms in total. The van der Waals surface area contributed by atoms with E-state index in [2.05, 4.69) is 10.9 Å². The van der Waals surface area contributed by atoms with Gasteiger partial charge in [0.05, 0.1) is 0 Å². The van der Waals surface area contributed by atoms with Crippen molar-refractivity contribution in [2.24, 2.45) is 0 Å². The molecule has 0 saturated carbocycles. The molecule has 1 heterocycles. The SMILES string of the molecule is Cc1ccc(C(=O)NNC(=O)C2Oc3ccccc3OC2C)cc1. The van der Waals surface area contributed by atoms with Crippen molar-refractivity contribution < 1.29 is 19.1 Å². The first-order chi connectivity index (χ1) is 11.5. The van der Waals surface area contributed by atoms with Gasteiger partial charge in [-0.3, -0.25) is 20.4 Å². The molecule has 0 bridgehead atoms. The second kappa shape index (κ2) is 6.62. The molecule has 1 aliphatic heterocycles. The fourth-order valence-corrected chi connectivity index (χ4v) is 2.37. The second-order valence-corrected chi connectivity index (χ2v) is 5.62. The van der Waals surface area contributed by atoms with Crippen molar-refractivity contribution in [3.63, 3.8) is 0 Å². The van der Waals surface area contributed by atoms with Crippen molar-refractivity contribution >= 4 is 11.8 Å². The zero-order chi connectivity index (χ0) is 17.1. The molecule has 2 aromatic rings. The number of para-hydroxylation sites is 2. The Morgan fingerprint density at radius 1 is 0.917 bits per heavy atom. The summed E-state index contributed by atoms with van der Waals surface area (Å²) < 4.78 is 11.3. The van der Waals surface area contributed by atoms with Crippen molar-refractivity contribution in [1.29, 1.82) is 0 Å². The van der Waals surface area contributed by atoms with Gasteiger partial charge >= 0.3 is 0 Å². The van der Waals surface area contributed by atoms with Crippen LogP contribution in [0.3, 0.4) is 0 Å². The van der Waals surface area contributed by atoms with Crippen LogP contribution in [0.15, 0.2) is 48.5 Å². The molecule has 0 aliphatic carbocycles. The van der Waals surface area contributed by atoms with E-state index in [-0.39, 0.29) is 0 Å². The average molecular weight is 326 g/mol. The van der Waals surface area contributed by atoms with Gasteiger partial charge in [0.25, 0.3) is 11.8 Å². The molecule has 24 heavy (non-hydrogen) atoms. The molecule has 2 atom stereocenters. The third-order valence-electron chi connectivity index (χ3n) is 3.71. The van der Waals surface area contributed by atoms with E-state index in [1.807, 2.05) is 25.1 Å². The number of aryl methyl sites for hydroxylation is 1. The molecule has 1 aliphatic rings. The standard InChI is InChI=1S/C18H18N2O4/c1-11-7-9-13(10-8-11)17(21)19-20-18(22)16-12(2)23-14-5-3-4-6-15(14)24-16/h3-10,12,16H,1-2H3,(H,19,21)(H,20,22). The van der Waals surface area contributed by atoms with Gasteiger partial charge in [-0.05, 0) is 38.1 Å². The molecule has 6 heteroatoms. The number of carbonyl (C=O) groups excluding carboxylic acids is 2. The topological polar surface area (TPSA) is 76.7 Å². The summed E-state index contributed by atoms with van der Waals surface area (Å²) in [5.41, 5.74) is 6.28. The summed E-state index contributed by atoms with van der Waals surface area (Å²) in [6.07, 6.45) is -1.32. The highest BCUT2D eigenvalue weighted by Gasteiger charge is 2.34. The van der Waals surface area contributed by atoms with Gasteiger partial charge in [0.15, 0.2) is 11.5 Å². The number of fused-ring (bicyclic) bond motifs is 1. The summed E-state index contributed by atoms with van der Waals surface area (Å²) in [4.78, 5) is 24.3. The highest BCUT2D eigenvalue weighted by atomic mass is 16.6. The largest absolute Gasteiger partial charge is 0.482 e. The Balaban J connectivity index is 1.61. The summed E-state index contributed by atoms with van der Waals surface area (Å²) >= 11 is 0. The highest BCUT2D eigenvalue weighted by molar-refractivity contribution is 5.95. The number of ether oxygens (including phenoxy) is 2. The van der Waals surface area contributed by atoms with Crippen LogP contribution in [0.2, 0.25) is 0 Å². The number of hydrazine groups is 1. The summed E-state index contributed by atoms with van der Waals surface area (Å²) in [5.74, 6) is 0.226. The van der Waals surface area contributed by atoms with E-state index in [1.54, 1.807) is 37.3 Å². The first kappa shape index (κ1) is 15.9. The molecule has 3 rings (SSSR count). The van der Waals surface area contributed by atoms with Crippen LogP contribution in [0.1, 0.15) is 22.8 Å². The molecule has 2 amide bonds. The second-order valence-electron chi connectivity index (χ2n) is 5.62. The van der Waals surface area contributed by atoms with E-state index in [4.69, 9.17) is 9.47 Å². The minimum atomic E-state index is -0.849. The lowest BCUT2D eigenvalue weighted by molar-refractivity contribution is -0.134. The molecular weight excluding hydrogens is 308 g/mol. The highest BCUT2D eigenvalue weighted by Crippen LogP contribution is 2.33. The van der Waals surface area contributed by atoms with Crippen LogP contribution < -0.4 is 20.3 Å². The van der Waals surface area contributed by atoms with Crippen LogP contribution in [0.4, 0.5) is 0 Å². The number of carbonyl (C=O) groups is 2. The zero-order valence-electron chi connectivity index (χ0n) is 13.4. The quantitative estimate of drug-likeness (QED) is 0.828. The van der Waals surface area contributed by atoms with Crippen molar-refractivity contribution in [2.45, 2.75) is 26.1 Å². The maximum absolute atomic E-state index is 12.3. The van der Waals surface area contributed by atoms with E-state index in [0.29, 0.717) is 17.1 Å². The average Bonchev–Trinajstić information content (AvgIpc) is 2.59. The third kappa shape index (κ3) is 3.32. The maximum Gasteiger partial charge on any atom is 0.283 e. The lowest BCUT2D eigenvalue weighted by Gasteiger charge is -2.30. The van der Waals surface area contributed by atoms with Crippen molar-refractivity contribution in [3.05, 3.63) is 59.7 Å². The first-order valence-electron chi connectivity index (χ1n) is 7.64. The normalized spacial score (nSPS) is 18.6. The van der Waals surface area contributed by atoms with Crippen LogP contribution in [0.5, 0.6) is 11.5 Å². The lowest BCUT2D eigenvalue weighted by atomic mass is 10.1. The van der Waals surface area contributed by atoms with Crippen LogP contribution in [0, 0.1) is 6.92 Å². The molecule has 2 N–H and O–H groups in total. The Kier molecular flexibility index (Phi) is 4.37. The number of nitrogens with one attached hydrogen (secondary N) is 2. The molecule has 0 aromatic heterocycles. The fraction of sp³-hybridized carbons (Fsp3) is 0.222. The summed E-state index contributed by atoms with van der Waals surface area (Å²) in [5, 5.41) is 0. The van der Waals surface area contributed by atoms with Crippen molar-refractivity contribution in [2.75, 3.05) is 0 Å². The molecule has 124 valence electrons. The Hall–Kier alpha value is -3.02. The third-order valence-corrected chi connectivity index (χ3v) is 3.71. The number of hydrogen-bond donors (Lipinski definition) is 2. The number of benzene rings is 2. The molecule has 0 saturated heterocycles. The van der Waals surface area contributed by atoms with E-state index >= 15 is 0 Å². The summed E-state index contributed by atoms with van der Waals surface area (Å²) in [6, 6.07) is 14.2. The van der Waals surface area contributed by atoms with Gasteiger partial charge in [-0.1, -0.05) is 29.8 Å². The molecule has 2 aromatic carbocycles. The van der Waals surface area contributed by atoms with Gasteiger partial charge in [0.2, 0.25) is 6.10 Å². The lowest BCUT2D eigenvalue weighted by Crippen LogP contribution is -2.53. The Morgan fingerprint density at radius 3 is 2.21 bits per heavy atom. The predicted molar refractivity (Wildman–Crippen MR) is 87.7 cm³/mol. The summed E-state index contributed by atoms with van der Waals surface area (Å²) in [7, 11) is 0. The van der Waals surface area contributed by atoms with Crippen LogP contribution in [0.25, 0.3) is 0 Å². The minimum Gasteiger partial charge on any atom is -0.482 e. The van der Waals surface area contributed by atoms with E-state index in [9.17, 15) is 9.59 Å². The van der Waals surface area contributed by atoms with Gasteiger partial charge < -0.3 is 9.47 Å². The number of amides is 2. The molecule has 0 radical (unpaired) electrons. The Morgan fingerprint density at radius 2 is 1.54 bits per heavy atom. The summed E-state index contributed by atoms with van der Waals surface area (Å²) in [6.45, 7) is 3.67. The van der Waals surface area contributed by atoms with Gasteiger partial charge in [0.1, 0.15) is 6.10 Å². The van der Waals surface area contributed by atoms with Gasteiger partial charge in [-0.15, -0.1) is 0 Å². The Labute approximate surface area is 139 Å². The number of rotatable bonds is 2. The maximum atomic E-state index is 12.3. The minimum absolute atomic E-state index is 0.395. The van der Waals surface area contributed by atoms with Gasteiger partial charge in [-0.2, -0.15) is 0 Å². The predicted octanol–water partition coefficient (Wildman–Crippen LogP) is 1.98. The smallest absolute Gasteiger partial charge is 0.283 e. The van der Waals surface area contributed by atoms with Crippen LogP contribution in [-0.4, -0.2) is 24.0 Å². The monoisotopic (exact) mass is 326 g/mol. The van der Waals surface area contributed by atoms with Crippen LogP contribution >= 0.6 is 0 Å².